The minimum absolute atomic E-state index is 0.0312. The third-order valence-electron chi connectivity index (χ3n) is 4.61. The Morgan fingerprint density at radius 3 is 2.36 bits per heavy atom. The predicted octanol–water partition coefficient (Wildman–Crippen LogP) is 3.29. The largest absolute Gasteiger partial charge is 0.491 e. The Bertz CT molecular complexity index is 909. The molecule has 6 nitrogen and oxygen atoms in total. The van der Waals surface area contributed by atoms with E-state index >= 15 is 0 Å². The van der Waals surface area contributed by atoms with Gasteiger partial charge in [-0.2, -0.15) is 0 Å². The number of hydrogen-bond acceptors (Lipinski definition) is 4. The first kappa shape index (κ1) is 21.8. The second-order valence-corrected chi connectivity index (χ2v) is 8.60. The van der Waals surface area contributed by atoms with Crippen LogP contribution in [0.5, 0.6) is 5.75 Å². The molecule has 1 N–H and O–H groups in total. The minimum Gasteiger partial charge on any atom is -0.491 e. The number of ether oxygens (including phenoxy) is 1. The number of benzene rings is 2. The lowest BCUT2D eigenvalue weighted by Gasteiger charge is -2.22. The van der Waals surface area contributed by atoms with Gasteiger partial charge in [0.15, 0.2) is 0 Å². The van der Waals surface area contributed by atoms with E-state index < -0.39 is 10.0 Å². The second-order valence-electron chi connectivity index (χ2n) is 6.41. The summed E-state index contributed by atoms with van der Waals surface area (Å²) in [5.74, 6) is 0.622. The summed E-state index contributed by atoms with van der Waals surface area (Å²) < 4.78 is 31.3. The normalized spacial score (nSPS) is 11.1. The smallest absolute Gasteiger partial charge is 0.251 e. The highest BCUT2D eigenvalue weighted by molar-refractivity contribution is 7.92. The number of aryl methyl sites for hydroxylation is 1. The molecule has 0 unspecified atom stereocenters. The van der Waals surface area contributed by atoms with Gasteiger partial charge in [-0.3, -0.25) is 9.10 Å². The van der Waals surface area contributed by atoms with Crippen molar-refractivity contribution in [3.63, 3.8) is 0 Å². The molecule has 0 aliphatic heterocycles. The molecule has 0 aliphatic carbocycles. The highest BCUT2D eigenvalue weighted by atomic mass is 32.2. The molecule has 0 bridgehead atoms. The number of carbonyl (C=O) groups is 1. The summed E-state index contributed by atoms with van der Waals surface area (Å²) in [5.41, 5.74) is 3.28. The molecule has 0 saturated heterocycles. The summed E-state index contributed by atoms with van der Waals surface area (Å²) in [6.45, 7) is 8.51. The lowest BCUT2D eigenvalue weighted by Crippen LogP contribution is -2.32. The van der Waals surface area contributed by atoms with Crippen molar-refractivity contribution in [3.8, 4) is 5.75 Å². The van der Waals surface area contributed by atoms with Crippen LogP contribution in [-0.4, -0.2) is 39.8 Å². The van der Waals surface area contributed by atoms with Gasteiger partial charge < -0.3 is 10.1 Å². The van der Waals surface area contributed by atoms with E-state index in [1.165, 1.54) is 4.31 Å². The van der Waals surface area contributed by atoms with Gasteiger partial charge in [0.25, 0.3) is 5.91 Å². The summed E-state index contributed by atoms with van der Waals surface area (Å²) in [4.78, 5) is 12.3. The van der Waals surface area contributed by atoms with Gasteiger partial charge >= 0.3 is 0 Å². The van der Waals surface area contributed by atoms with Crippen molar-refractivity contribution in [2.45, 2.75) is 27.7 Å². The number of carbonyl (C=O) groups excluding carboxylic acids is 1. The zero-order valence-corrected chi connectivity index (χ0v) is 17.7. The van der Waals surface area contributed by atoms with Crippen molar-refractivity contribution in [2.75, 3.05) is 29.8 Å². The Morgan fingerprint density at radius 1 is 1.07 bits per heavy atom. The van der Waals surface area contributed by atoms with Gasteiger partial charge in [0.1, 0.15) is 12.4 Å². The third kappa shape index (κ3) is 5.25. The number of anilines is 1. The van der Waals surface area contributed by atoms with Gasteiger partial charge in [-0.25, -0.2) is 8.42 Å². The molecule has 0 aromatic heterocycles. The van der Waals surface area contributed by atoms with Gasteiger partial charge in [0.05, 0.1) is 18.0 Å². The molecule has 0 aliphatic rings. The zero-order valence-electron chi connectivity index (χ0n) is 16.9. The molecule has 1 amide bonds. The standard InChI is InChI=1S/C21H28N2O4S/c1-5-23(28(25,26)6-2)19-12-10-18(11-13-19)21(24)22-14-15-27-20-9-7-8-16(3)17(20)4/h7-13H,5-6,14-15H2,1-4H3,(H,22,24). The van der Waals surface area contributed by atoms with Crippen molar-refractivity contribution in [1.82, 2.24) is 5.32 Å². The fourth-order valence-corrected chi connectivity index (χ4v) is 3.93. The summed E-state index contributed by atoms with van der Waals surface area (Å²) in [6.07, 6.45) is 0. The van der Waals surface area contributed by atoms with Crippen molar-refractivity contribution >= 4 is 21.6 Å². The molecule has 152 valence electrons. The van der Waals surface area contributed by atoms with Gasteiger partial charge in [-0.05, 0) is 69.2 Å². The number of hydrogen-bond donors (Lipinski definition) is 1. The topological polar surface area (TPSA) is 75.7 Å². The molecular formula is C21H28N2O4S. The van der Waals surface area contributed by atoms with Crippen LogP contribution >= 0.6 is 0 Å². The van der Waals surface area contributed by atoms with E-state index in [4.69, 9.17) is 4.74 Å². The van der Waals surface area contributed by atoms with Crippen LogP contribution in [0.15, 0.2) is 42.5 Å². The summed E-state index contributed by atoms with van der Waals surface area (Å²) in [6, 6.07) is 12.4. The maximum absolute atomic E-state index is 12.3. The van der Waals surface area contributed by atoms with Crippen molar-refractivity contribution < 1.29 is 17.9 Å². The van der Waals surface area contributed by atoms with Crippen LogP contribution in [-0.2, 0) is 10.0 Å². The Kier molecular flexibility index (Phi) is 7.45. The molecule has 0 heterocycles. The number of amides is 1. The average Bonchev–Trinajstić information content (AvgIpc) is 2.69. The Hall–Kier alpha value is -2.54. The summed E-state index contributed by atoms with van der Waals surface area (Å²) >= 11 is 0. The van der Waals surface area contributed by atoms with E-state index in [0.717, 1.165) is 16.9 Å². The predicted molar refractivity (Wildman–Crippen MR) is 113 cm³/mol. The molecule has 0 spiro atoms. The fourth-order valence-electron chi connectivity index (χ4n) is 2.78. The lowest BCUT2D eigenvalue weighted by atomic mass is 10.1. The molecule has 2 aromatic rings. The Balaban J connectivity index is 1.91. The Labute approximate surface area is 167 Å². The van der Waals surface area contributed by atoms with Crippen LogP contribution in [0, 0.1) is 13.8 Å². The first-order chi connectivity index (χ1) is 13.3. The molecule has 0 saturated carbocycles. The van der Waals surface area contributed by atoms with Crippen LogP contribution in [0.4, 0.5) is 5.69 Å². The van der Waals surface area contributed by atoms with Crippen molar-refractivity contribution in [2.24, 2.45) is 0 Å². The number of nitrogens with zero attached hydrogens (tertiary/aromatic N) is 1. The SMILES string of the molecule is CCN(c1ccc(C(=O)NCCOc2cccc(C)c2C)cc1)S(=O)(=O)CC. The van der Waals surface area contributed by atoms with Crippen molar-refractivity contribution in [3.05, 3.63) is 59.2 Å². The molecule has 0 atom stereocenters. The number of rotatable bonds is 9. The van der Waals surface area contributed by atoms with Crippen LogP contribution in [0.2, 0.25) is 0 Å². The first-order valence-corrected chi connectivity index (χ1v) is 11.0. The minimum atomic E-state index is -3.33. The van der Waals surface area contributed by atoms with E-state index in [-0.39, 0.29) is 11.7 Å². The van der Waals surface area contributed by atoms with Crippen LogP contribution in [0.3, 0.4) is 0 Å². The molecule has 0 radical (unpaired) electrons. The monoisotopic (exact) mass is 404 g/mol. The van der Waals surface area contributed by atoms with E-state index in [1.54, 1.807) is 38.1 Å². The van der Waals surface area contributed by atoms with Crippen LogP contribution < -0.4 is 14.4 Å². The lowest BCUT2D eigenvalue weighted by molar-refractivity contribution is 0.0947. The maximum Gasteiger partial charge on any atom is 0.251 e. The van der Waals surface area contributed by atoms with Gasteiger partial charge in [-0.1, -0.05) is 12.1 Å². The van der Waals surface area contributed by atoms with E-state index in [9.17, 15) is 13.2 Å². The maximum atomic E-state index is 12.3. The average molecular weight is 405 g/mol. The van der Waals surface area contributed by atoms with E-state index in [1.807, 2.05) is 32.0 Å². The summed E-state index contributed by atoms with van der Waals surface area (Å²) in [5, 5.41) is 2.81. The van der Waals surface area contributed by atoms with Crippen LogP contribution in [0.25, 0.3) is 0 Å². The fraction of sp³-hybridized carbons (Fsp3) is 0.381. The molecule has 7 heteroatoms. The molecule has 0 fully saturated rings. The van der Waals surface area contributed by atoms with E-state index in [2.05, 4.69) is 5.32 Å². The number of sulfonamides is 1. The first-order valence-electron chi connectivity index (χ1n) is 9.37. The Morgan fingerprint density at radius 2 is 1.75 bits per heavy atom. The molecule has 2 rings (SSSR count). The highest BCUT2D eigenvalue weighted by Gasteiger charge is 2.18. The van der Waals surface area contributed by atoms with Crippen LogP contribution in [0.1, 0.15) is 35.3 Å². The van der Waals surface area contributed by atoms with E-state index in [0.29, 0.717) is 30.9 Å². The quantitative estimate of drug-likeness (QED) is 0.651. The van der Waals surface area contributed by atoms with Gasteiger partial charge in [0, 0.05) is 12.1 Å². The molecule has 2 aromatic carbocycles. The molecule has 28 heavy (non-hydrogen) atoms. The zero-order chi connectivity index (χ0) is 20.7. The third-order valence-corrected chi connectivity index (χ3v) is 6.48. The van der Waals surface area contributed by atoms with Gasteiger partial charge in [0.2, 0.25) is 10.0 Å². The van der Waals surface area contributed by atoms with Gasteiger partial charge in [-0.15, -0.1) is 0 Å². The summed E-state index contributed by atoms with van der Waals surface area (Å²) in [7, 11) is -3.33. The number of nitrogens with one attached hydrogen (secondary N) is 1. The molecular weight excluding hydrogens is 376 g/mol. The van der Waals surface area contributed by atoms with Crippen molar-refractivity contribution in [1.29, 1.82) is 0 Å². The second kappa shape index (κ2) is 9.59. The highest BCUT2D eigenvalue weighted by Crippen LogP contribution is 2.20.